The molecule has 2 aliphatic rings. The number of H-pyrrole nitrogens is 1. The standard InChI is InChI=1S/C15H18N4O2/c1-9-6-11(18-21-9)7-19-5-4-12-13(8-19)16-14(10-2-3-10)17-15(12)20/h6,10H,2-5,7-8H2,1H3,(H,16,17,20). The van der Waals surface area contributed by atoms with Crippen LogP contribution in [0.4, 0.5) is 0 Å². The highest BCUT2D eigenvalue weighted by molar-refractivity contribution is 5.23. The molecule has 0 spiro atoms. The number of aromatic nitrogens is 3. The molecule has 21 heavy (non-hydrogen) atoms. The summed E-state index contributed by atoms with van der Waals surface area (Å²) in [6, 6.07) is 1.95. The summed E-state index contributed by atoms with van der Waals surface area (Å²) in [5.41, 5.74) is 2.78. The molecule has 0 bridgehead atoms. The lowest BCUT2D eigenvalue weighted by Gasteiger charge is -2.26. The van der Waals surface area contributed by atoms with E-state index in [4.69, 9.17) is 9.51 Å². The van der Waals surface area contributed by atoms with Crippen molar-refractivity contribution in [1.82, 2.24) is 20.0 Å². The van der Waals surface area contributed by atoms with Crippen molar-refractivity contribution in [3.63, 3.8) is 0 Å². The van der Waals surface area contributed by atoms with Gasteiger partial charge in [0.25, 0.3) is 5.56 Å². The van der Waals surface area contributed by atoms with Crippen LogP contribution < -0.4 is 5.56 Å². The Morgan fingerprint density at radius 3 is 3.05 bits per heavy atom. The molecule has 0 unspecified atom stereocenters. The van der Waals surface area contributed by atoms with Gasteiger partial charge >= 0.3 is 0 Å². The normalized spacial score (nSPS) is 18.7. The van der Waals surface area contributed by atoms with Crippen LogP contribution in [-0.4, -0.2) is 26.6 Å². The number of aryl methyl sites for hydroxylation is 1. The maximum atomic E-state index is 12.1. The Bertz CT molecular complexity index is 730. The van der Waals surface area contributed by atoms with Crippen LogP contribution in [0.25, 0.3) is 0 Å². The first-order chi connectivity index (χ1) is 10.2. The Kier molecular flexibility index (Phi) is 2.92. The minimum atomic E-state index is 0.0545. The molecule has 6 nitrogen and oxygen atoms in total. The fourth-order valence-corrected chi connectivity index (χ4v) is 2.92. The first-order valence-electron chi connectivity index (χ1n) is 7.45. The van der Waals surface area contributed by atoms with Crippen molar-refractivity contribution in [3.8, 4) is 0 Å². The Labute approximate surface area is 122 Å². The first-order valence-corrected chi connectivity index (χ1v) is 7.45. The Balaban J connectivity index is 1.57. The molecule has 0 saturated heterocycles. The summed E-state index contributed by atoms with van der Waals surface area (Å²) >= 11 is 0. The van der Waals surface area contributed by atoms with Gasteiger partial charge in [-0.2, -0.15) is 0 Å². The van der Waals surface area contributed by atoms with E-state index in [-0.39, 0.29) is 5.56 Å². The van der Waals surface area contributed by atoms with Crippen LogP contribution >= 0.6 is 0 Å². The number of aromatic amines is 1. The van der Waals surface area contributed by atoms with Crippen LogP contribution in [0.5, 0.6) is 0 Å². The molecule has 1 aliphatic carbocycles. The average molecular weight is 286 g/mol. The van der Waals surface area contributed by atoms with Crippen LogP contribution in [0.15, 0.2) is 15.4 Å². The minimum absolute atomic E-state index is 0.0545. The third-order valence-corrected chi connectivity index (χ3v) is 4.20. The van der Waals surface area contributed by atoms with Gasteiger partial charge in [0.15, 0.2) is 0 Å². The van der Waals surface area contributed by atoms with E-state index in [1.165, 1.54) is 0 Å². The fourth-order valence-electron chi connectivity index (χ4n) is 2.92. The first kappa shape index (κ1) is 12.8. The van der Waals surface area contributed by atoms with Gasteiger partial charge in [0.05, 0.1) is 11.4 Å². The summed E-state index contributed by atoms with van der Waals surface area (Å²) < 4.78 is 5.11. The highest BCUT2D eigenvalue weighted by atomic mass is 16.5. The molecular weight excluding hydrogens is 268 g/mol. The third kappa shape index (κ3) is 2.51. The van der Waals surface area contributed by atoms with Crippen molar-refractivity contribution in [2.45, 2.75) is 45.2 Å². The lowest BCUT2D eigenvalue weighted by molar-refractivity contribution is 0.232. The summed E-state index contributed by atoms with van der Waals surface area (Å²) in [7, 11) is 0. The molecule has 1 fully saturated rings. The van der Waals surface area contributed by atoms with Crippen LogP contribution in [0.1, 0.15) is 47.3 Å². The molecule has 0 atom stereocenters. The predicted octanol–water partition coefficient (Wildman–Crippen LogP) is 1.50. The van der Waals surface area contributed by atoms with Crippen molar-refractivity contribution >= 4 is 0 Å². The number of fused-ring (bicyclic) bond motifs is 1. The average Bonchev–Trinajstić information content (AvgIpc) is 3.23. The topological polar surface area (TPSA) is 75.0 Å². The van der Waals surface area contributed by atoms with Crippen molar-refractivity contribution in [2.24, 2.45) is 0 Å². The number of rotatable bonds is 3. The van der Waals surface area contributed by atoms with Crippen molar-refractivity contribution < 1.29 is 4.52 Å². The molecule has 6 heteroatoms. The molecule has 110 valence electrons. The zero-order chi connectivity index (χ0) is 14.4. The molecule has 2 aromatic rings. The molecule has 1 N–H and O–H groups in total. The minimum Gasteiger partial charge on any atom is -0.361 e. The number of hydrogen-bond donors (Lipinski definition) is 1. The summed E-state index contributed by atoms with van der Waals surface area (Å²) in [5.74, 6) is 2.17. The van der Waals surface area contributed by atoms with Gasteiger partial charge in [0.2, 0.25) is 0 Å². The van der Waals surface area contributed by atoms with E-state index in [2.05, 4.69) is 15.0 Å². The molecule has 0 amide bonds. The fraction of sp³-hybridized carbons (Fsp3) is 0.533. The Morgan fingerprint density at radius 2 is 2.33 bits per heavy atom. The largest absolute Gasteiger partial charge is 0.361 e. The summed E-state index contributed by atoms with van der Waals surface area (Å²) in [6.07, 6.45) is 3.03. The van der Waals surface area contributed by atoms with E-state index in [1.807, 2.05) is 13.0 Å². The lowest BCUT2D eigenvalue weighted by Crippen LogP contribution is -2.35. The van der Waals surface area contributed by atoms with Gasteiger partial charge in [-0.15, -0.1) is 0 Å². The second kappa shape index (κ2) is 4.80. The molecule has 2 aromatic heterocycles. The molecule has 0 radical (unpaired) electrons. The van der Waals surface area contributed by atoms with Crippen LogP contribution in [0, 0.1) is 6.92 Å². The SMILES string of the molecule is Cc1cc(CN2CCc3c(nc(C4CC4)[nH]c3=O)C2)no1. The smallest absolute Gasteiger partial charge is 0.254 e. The summed E-state index contributed by atoms with van der Waals surface area (Å²) in [5, 5.41) is 4.03. The van der Waals surface area contributed by atoms with Gasteiger partial charge < -0.3 is 9.51 Å². The van der Waals surface area contributed by atoms with Gasteiger partial charge in [-0.05, 0) is 26.2 Å². The van der Waals surface area contributed by atoms with E-state index < -0.39 is 0 Å². The van der Waals surface area contributed by atoms with E-state index in [1.54, 1.807) is 0 Å². The molecule has 1 saturated carbocycles. The maximum Gasteiger partial charge on any atom is 0.254 e. The molecule has 3 heterocycles. The van der Waals surface area contributed by atoms with E-state index in [0.717, 1.165) is 60.9 Å². The van der Waals surface area contributed by atoms with Crippen LogP contribution in [0.3, 0.4) is 0 Å². The van der Waals surface area contributed by atoms with E-state index in [9.17, 15) is 4.79 Å². The number of hydrogen-bond acceptors (Lipinski definition) is 5. The van der Waals surface area contributed by atoms with Crippen LogP contribution in [0.2, 0.25) is 0 Å². The van der Waals surface area contributed by atoms with E-state index in [0.29, 0.717) is 12.5 Å². The molecule has 0 aromatic carbocycles. The number of nitrogens with zero attached hydrogens (tertiary/aromatic N) is 3. The summed E-state index contributed by atoms with van der Waals surface area (Å²) in [4.78, 5) is 22.1. The van der Waals surface area contributed by atoms with Crippen molar-refractivity contribution in [2.75, 3.05) is 6.54 Å². The van der Waals surface area contributed by atoms with E-state index >= 15 is 0 Å². The zero-order valence-corrected chi connectivity index (χ0v) is 12.1. The summed E-state index contributed by atoms with van der Waals surface area (Å²) in [6.45, 7) is 4.20. The monoisotopic (exact) mass is 286 g/mol. The van der Waals surface area contributed by atoms with Crippen molar-refractivity contribution in [1.29, 1.82) is 0 Å². The predicted molar refractivity (Wildman–Crippen MR) is 75.9 cm³/mol. The van der Waals surface area contributed by atoms with Gasteiger partial charge in [-0.25, -0.2) is 4.98 Å². The van der Waals surface area contributed by atoms with Crippen molar-refractivity contribution in [3.05, 3.63) is 45.0 Å². The maximum absolute atomic E-state index is 12.1. The van der Waals surface area contributed by atoms with Crippen LogP contribution in [-0.2, 0) is 19.5 Å². The number of nitrogens with one attached hydrogen (secondary N) is 1. The zero-order valence-electron chi connectivity index (χ0n) is 12.1. The Hall–Kier alpha value is -1.95. The third-order valence-electron chi connectivity index (χ3n) is 4.20. The second-order valence-electron chi connectivity index (χ2n) is 6.04. The van der Waals surface area contributed by atoms with Gasteiger partial charge in [-0.3, -0.25) is 9.69 Å². The highest BCUT2D eigenvalue weighted by Gasteiger charge is 2.29. The highest BCUT2D eigenvalue weighted by Crippen LogP contribution is 2.37. The molecule has 4 rings (SSSR count). The van der Waals surface area contributed by atoms with Gasteiger partial charge in [0, 0.05) is 37.2 Å². The van der Waals surface area contributed by atoms with Gasteiger partial charge in [-0.1, -0.05) is 5.16 Å². The Morgan fingerprint density at radius 1 is 1.48 bits per heavy atom. The second-order valence-corrected chi connectivity index (χ2v) is 6.04. The lowest BCUT2D eigenvalue weighted by atomic mass is 10.1. The van der Waals surface area contributed by atoms with Gasteiger partial charge in [0.1, 0.15) is 11.6 Å². The molecular formula is C15H18N4O2. The molecule has 1 aliphatic heterocycles. The quantitative estimate of drug-likeness (QED) is 0.925.